The van der Waals surface area contributed by atoms with Crippen LogP contribution in [0.15, 0.2) is 182 Å². The first-order valence-electron chi connectivity index (χ1n) is 17.4. The van der Waals surface area contributed by atoms with E-state index < -0.39 is 0 Å². The molecule has 0 heterocycles. The van der Waals surface area contributed by atoms with Crippen LogP contribution < -0.4 is 0 Å². The van der Waals surface area contributed by atoms with Gasteiger partial charge in [-0.15, -0.1) is 0 Å². The second-order valence-electron chi connectivity index (χ2n) is 13.6. The minimum atomic E-state index is 1.26. The van der Waals surface area contributed by atoms with Crippen LogP contribution in [-0.2, 0) is 0 Å². The molecule has 230 valence electrons. The fourth-order valence-electron chi connectivity index (χ4n) is 8.71. The van der Waals surface area contributed by atoms with Crippen LogP contribution in [0.2, 0.25) is 0 Å². The monoisotopic (exact) mass is 630 g/mol. The zero-order chi connectivity index (χ0) is 32.8. The number of hydrogen-bond acceptors (Lipinski definition) is 0. The summed E-state index contributed by atoms with van der Waals surface area (Å²) in [5.74, 6) is 0. The molecule has 0 aliphatic heterocycles. The smallest absolute Gasteiger partial charge is 0.00201 e. The molecule has 50 heavy (non-hydrogen) atoms. The topological polar surface area (TPSA) is 0 Å². The molecule has 11 aromatic rings. The van der Waals surface area contributed by atoms with Crippen molar-refractivity contribution in [3.05, 3.63) is 182 Å². The van der Waals surface area contributed by atoms with E-state index in [2.05, 4.69) is 182 Å². The summed E-state index contributed by atoms with van der Waals surface area (Å²) in [4.78, 5) is 0. The van der Waals surface area contributed by atoms with Crippen molar-refractivity contribution in [1.82, 2.24) is 0 Å². The van der Waals surface area contributed by atoms with Crippen molar-refractivity contribution in [3.8, 4) is 22.3 Å². The van der Waals surface area contributed by atoms with Crippen molar-refractivity contribution in [2.45, 2.75) is 0 Å². The van der Waals surface area contributed by atoms with Gasteiger partial charge in [0.15, 0.2) is 0 Å². The molecule has 0 spiro atoms. The van der Waals surface area contributed by atoms with Crippen molar-refractivity contribution >= 4 is 86.2 Å². The first kappa shape index (κ1) is 27.5. The van der Waals surface area contributed by atoms with Crippen LogP contribution in [0.4, 0.5) is 0 Å². The SMILES string of the molecule is c1ccc2cc3c(ccc4c(-c5c6ccccc6c(-c6cccc7cc8c(ccc9ccccc98)cc67)c6ccccc56)cccc43)cc2c1. The predicted molar refractivity (Wildman–Crippen MR) is 217 cm³/mol. The van der Waals surface area contributed by atoms with E-state index in [4.69, 9.17) is 0 Å². The third-order valence-electron chi connectivity index (χ3n) is 11.0. The summed E-state index contributed by atoms with van der Waals surface area (Å²) in [7, 11) is 0. The second kappa shape index (κ2) is 10.5. The summed E-state index contributed by atoms with van der Waals surface area (Å²) < 4.78 is 0. The Kier molecular flexibility index (Phi) is 5.76. The molecule has 0 aromatic heterocycles. The molecule has 0 amide bonds. The minimum absolute atomic E-state index is 1.26. The summed E-state index contributed by atoms with van der Waals surface area (Å²) in [6.45, 7) is 0. The second-order valence-corrected chi connectivity index (χ2v) is 13.6. The minimum Gasteiger partial charge on any atom is -0.0616 e. The van der Waals surface area contributed by atoms with Crippen molar-refractivity contribution < 1.29 is 0 Å². The number of fused-ring (bicyclic) bond motifs is 10. The van der Waals surface area contributed by atoms with E-state index in [1.807, 2.05) is 0 Å². The normalized spacial score (nSPS) is 12.0. The average Bonchev–Trinajstić information content (AvgIpc) is 3.18. The van der Waals surface area contributed by atoms with Crippen molar-refractivity contribution in [2.24, 2.45) is 0 Å². The molecule has 0 aliphatic rings. The molecule has 0 nitrogen and oxygen atoms in total. The zero-order valence-corrected chi connectivity index (χ0v) is 27.3. The van der Waals surface area contributed by atoms with Gasteiger partial charge in [0.05, 0.1) is 0 Å². The lowest BCUT2D eigenvalue weighted by Gasteiger charge is -2.20. The fraction of sp³-hybridized carbons (Fsp3) is 0. The van der Waals surface area contributed by atoms with Gasteiger partial charge in [0.1, 0.15) is 0 Å². The van der Waals surface area contributed by atoms with E-state index in [-0.39, 0.29) is 0 Å². The Balaban J connectivity index is 1.23. The number of hydrogen-bond donors (Lipinski definition) is 0. The van der Waals surface area contributed by atoms with Gasteiger partial charge in [-0.2, -0.15) is 0 Å². The van der Waals surface area contributed by atoms with E-state index in [0.29, 0.717) is 0 Å². The van der Waals surface area contributed by atoms with Gasteiger partial charge in [-0.05, 0) is 133 Å². The molecule has 11 rings (SSSR count). The molecule has 0 saturated carbocycles. The quantitative estimate of drug-likeness (QED) is 0.132. The summed E-state index contributed by atoms with van der Waals surface area (Å²) >= 11 is 0. The van der Waals surface area contributed by atoms with Crippen LogP contribution in [0.1, 0.15) is 0 Å². The van der Waals surface area contributed by atoms with Gasteiger partial charge in [-0.25, -0.2) is 0 Å². The Bertz CT molecular complexity index is 3060. The maximum Gasteiger partial charge on any atom is -0.00201 e. The Morgan fingerprint density at radius 2 is 0.580 bits per heavy atom. The first-order chi connectivity index (χ1) is 24.8. The predicted octanol–water partition coefficient (Wildman–Crippen LogP) is 14.2. The summed E-state index contributed by atoms with van der Waals surface area (Å²) in [5.41, 5.74) is 5.13. The Hall–Kier alpha value is -6.50. The Morgan fingerprint density at radius 3 is 1.28 bits per heavy atom. The molecular weight excluding hydrogens is 601 g/mol. The molecule has 0 bridgehead atoms. The van der Waals surface area contributed by atoms with Crippen LogP contribution in [0, 0.1) is 0 Å². The average molecular weight is 631 g/mol. The summed E-state index contributed by atoms with van der Waals surface area (Å²) in [6.07, 6.45) is 0. The lowest BCUT2D eigenvalue weighted by Crippen LogP contribution is -1.92. The highest BCUT2D eigenvalue weighted by molar-refractivity contribution is 6.27. The maximum atomic E-state index is 2.41. The zero-order valence-electron chi connectivity index (χ0n) is 27.3. The van der Waals surface area contributed by atoms with E-state index in [1.54, 1.807) is 0 Å². The molecule has 0 atom stereocenters. The van der Waals surface area contributed by atoms with E-state index in [0.717, 1.165) is 0 Å². The van der Waals surface area contributed by atoms with Gasteiger partial charge in [0, 0.05) is 0 Å². The van der Waals surface area contributed by atoms with Crippen molar-refractivity contribution in [3.63, 3.8) is 0 Å². The van der Waals surface area contributed by atoms with E-state index >= 15 is 0 Å². The number of rotatable bonds is 2. The third kappa shape index (κ3) is 3.94. The molecule has 0 N–H and O–H groups in total. The molecule has 11 aromatic carbocycles. The van der Waals surface area contributed by atoms with Crippen LogP contribution >= 0.6 is 0 Å². The lowest BCUT2D eigenvalue weighted by atomic mass is 9.83. The molecule has 0 saturated heterocycles. The van der Waals surface area contributed by atoms with Crippen molar-refractivity contribution in [2.75, 3.05) is 0 Å². The van der Waals surface area contributed by atoms with E-state index in [1.165, 1.54) is 108 Å². The van der Waals surface area contributed by atoms with Gasteiger partial charge in [-0.3, -0.25) is 0 Å². The van der Waals surface area contributed by atoms with Crippen LogP contribution in [0.25, 0.3) is 108 Å². The summed E-state index contributed by atoms with van der Waals surface area (Å²) in [6, 6.07) is 67.7. The first-order valence-corrected chi connectivity index (χ1v) is 17.4. The van der Waals surface area contributed by atoms with E-state index in [9.17, 15) is 0 Å². The standard InChI is InChI=1S/C50H30/c1-2-13-33-28-47-35(27-32(33)12-1)25-26-39-38(47)20-10-22-40(39)49-41-16-5-7-18-43(41)50(44-19-8-6-17-42(44)49)45-21-9-14-34-29-46-36(30-48(34)45)24-23-31-11-3-4-15-37(31)46/h1-30H. The molecule has 0 aliphatic carbocycles. The molecule has 0 fully saturated rings. The van der Waals surface area contributed by atoms with Gasteiger partial charge in [-0.1, -0.05) is 158 Å². The van der Waals surface area contributed by atoms with Gasteiger partial charge in [0.2, 0.25) is 0 Å². The van der Waals surface area contributed by atoms with Crippen LogP contribution in [-0.4, -0.2) is 0 Å². The van der Waals surface area contributed by atoms with Gasteiger partial charge >= 0.3 is 0 Å². The Morgan fingerprint density at radius 1 is 0.180 bits per heavy atom. The van der Waals surface area contributed by atoms with Crippen molar-refractivity contribution in [1.29, 1.82) is 0 Å². The summed E-state index contributed by atoms with van der Waals surface area (Å²) in [5, 5.41) is 20.5. The molecular formula is C50H30. The molecule has 0 radical (unpaired) electrons. The van der Waals surface area contributed by atoms with Crippen LogP contribution in [0.5, 0.6) is 0 Å². The lowest BCUT2D eigenvalue weighted by molar-refractivity contribution is 1.70. The highest BCUT2D eigenvalue weighted by Gasteiger charge is 2.20. The highest BCUT2D eigenvalue weighted by Crippen LogP contribution is 2.47. The Labute approximate surface area is 289 Å². The van der Waals surface area contributed by atoms with Crippen LogP contribution in [0.3, 0.4) is 0 Å². The molecule has 0 heteroatoms. The maximum absolute atomic E-state index is 2.41. The third-order valence-corrected chi connectivity index (χ3v) is 11.0. The fourth-order valence-corrected chi connectivity index (χ4v) is 8.71. The van der Waals surface area contributed by atoms with Gasteiger partial charge < -0.3 is 0 Å². The van der Waals surface area contributed by atoms with Gasteiger partial charge in [0.25, 0.3) is 0 Å². The largest absolute Gasteiger partial charge is 0.0616 e. The highest BCUT2D eigenvalue weighted by atomic mass is 14.2. The number of benzene rings is 11. The molecule has 0 unspecified atom stereocenters.